The van der Waals surface area contributed by atoms with E-state index in [9.17, 15) is 0 Å². The van der Waals surface area contributed by atoms with E-state index in [-0.39, 0.29) is 0 Å². The molecule has 1 aliphatic heterocycles. The maximum absolute atomic E-state index is 5.56. The predicted octanol–water partition coefficient (Wildman–Crippen LogP) is 1.01. The van der Waals surface area contributed by atoms with Gasteiger partial charge in [0.2, 0.25) is 5.88 Å². The minimum Gasteiger partial charge on any atom is -0.476 e. The maximum Gasteiger partial charge on any atom is 0.212 e. The van der Waals surface area contributed by atoms with Gasteiger partial charge in [0.05, 0.1) is 18.1 Å². The number of nitrogens with zero attached hydrogens (tertiary/aromatic N) is 2. The summed E-state index contributed by atoms with van der Waals surface area (Å²) >= 11 is 5.56. The summed E-state index contributed by atoms with van der Waals surface area (Å²) in [7, 11) is 0. The Morgan fingerprint density at radius 3 is 3.40 bits per heavy atom. The second-order valence-corrected chi connectivity index (χ2v) is 2.45. The number of halogens is 1. The highest BCUT2D eigenvalue weighted by Gasteiger charge is 2.13. The fourth-order valence-corrected chi connectivity index (χ4v) is 1.16. The first-order chi connectivity index (χ1) is 4.90. The van der Waals surface area contributed by atoms with Crippen LogP contribution in [0.25, 0.3) is 0 Å². The molecule has 0 aromatic carbocycles. The number of alkyl halides is 1. The van der Waals surface area contributed by atoms with Crippen molar-refractivity contribution in [3.05, 3.63) is 11.8 Å². The number of aromatic nitrogens is 2. The molecule has 0 saturated heterocycles. The number of ether oxygens (including phenoxy) is 1. The molecule has 0 atom stereocenters. The lowest BCUT2D eigenvalue weighted by Crippen LogP contribution is -1.96. The lowest BCUT2D eigenvalue weighted by atomic mass is 10.5. The highest BCUT2D eigenvalue weighted by Crippen LogP contribution is 2.18. The van der Waals surface area contributed by atoms with Gasteiger partial charge in [0, 0.05) is 6.07 Å². The van der Waals surface area contributed by atoms with Crippen LogP contribution >= 0.6 is 11.6 Å². The summed E-state index contributed by atoms with van der Waals surface area (Å²) in [5.74, 6) is 1.30. The van der Waals surface area contributed by atoms with Crippen LogP contribution in [0.15, 0.2) is 6.07 Å². The molecule has 0 fully saturated rings. The van der Waals surface area contributed by atoms with Crippen LogP contribution < -0.4 is 4.74 Å². The van der Waals surface area contributed by atoms with E-state index >= 15 is 0 Å². The van der Waals surface area contributed by atoms with E-state index < -0.39 is 0 Å². The number of hydrogen-bond donors (Lipinski definition) is 0. The first-order valence-electron chi connectivity index (χ1n) is 3.15. The van der Waals surface area contributed by atoms with Crippen LogP contribution in [0.5, 0.6) is 5.88 Å². The van der Waals surface area contributed by atoms with Crippen LogP contribution in [0.3, 0.4) is 0 Å². The molecule has 2 rings (SSSR count). The van der Waals surface area contributed by atoms with Crippen molar-refractivity contribution in [3.63, 3.8) is 0 Å². The molecule has 10 heavy (non-hydrogen) atoms. The average Bonchev–Trinajstić information content (AvgIpc) is 2.42. The molecule has 4 heteroatoms. The van der Waals surface area contributed by atoms with Gasteiger partial charge in [-0.1, -0.05) is 0 Å². The Bertz CT molecular complexity index is 224. The van der Waals surface area contributed by atoms with Crippen LogP contribution in [-0.2, 0) is 12.4 Å². The van der Waals surface area contributed by atoms with E-state index in [0.717, 1.165) is 24.7 Å². The summed E-state index contributed by atoms with van der Waals surface area (Å²) < 4.78 is 7.05. The van der Waals surface area contributed by atoms with Crippen molar-refractivity contribution in [2.75, 3.05) is 6.61 Å². The van der Waals surface area contributed by atoms with Gasteiger partial charge in [-0.15, -0.1) is 11.6 Å². The molecule has 1 aromatic heterocycles. The summed E-state index contributed by atoms with van der Waals surface area (Å²) in [6, 6.07) is 1.88. The zero-order valence-corrected chi connectivity index (χ0v) is 6.14. The zero-order chi connectivity index (χ0) is 6.97. The van der Waals surface area contributed by atoms with Gasteiger partial charge in [0.1, 0.15) is 6.61 Å². The zero-order valence-electron chi connectivity index (χ0n) is 5.38. The number of rotatable bonds is 1. The van der Waals surface area contributed by atoms with Crippen molar-refractivity contribution in [3.8, 4) is 5.88 Å². The molecule has 0 unspecified atom stereocenters. The summed E-state index contributed by atoms with van der Waals surface area (Å²) in [5.41, 5.74) is 0.886. The van der Waals surface area contributed by atoms with Crippen LogP contribution in [-0.4, -0.2) is 16.4 Å². The van der Waals surface area contributed by atoms with Crippen molar-refractivity contribution in [1.29, 1.82) is 0 Å². The van der Waals surface area contributed by atoms with Crippen LogP contribution in [0.1, 0.15) is 5.69 Å². The summed E-state index contributed by atoms with van der Waals surface area (Å²) in [5, 5.41) is 4.17. The Labute approximate surface area is 63.5 Å². The average molecular weight is 159 g/mol. The molecule has 0 aliphatic carbocycles. The Balaban J connectivity index is 2.37. The Morgan fingerprint density at radius 2 is 2.70 bits per heavy atom. The minimum absolute atomic E-state index is 0.462. The fraction of sp³-hybridized carbons (Fsp3) is 0.500. The van der Waals surface area contributed by atoms with Crippen molar-refractivity contribution >= 4 is 11.6 Å². The van der Waals surface area contributed by atoms with E-state index in [4.69, 9.17) is 16.3 Å². The molecule has 0 radical (unpaired) electrons. The SMILES string of the molecule is ClCc1cc2n(n1)CCO2. The monoisotopic (exact) mass is 158 g/mol. The molecule has 1 aromatic rings. The third-order valence-corrected chi connectivity index (χ3v) is 1.76. The van der Waals surface area contributed by atoms with E-state index in [1.54, 1.807) is 0 Å². The molecule has 0 amide bonds. The second-order valence-electron chi connectivity index (χ2n) is 2.18. The number of hydrogen-bond acceptors (Lipinski definition) is 2. The van der Waals surface area contributed by atoms with Gasteiger partial charge in [0.25, 0.3) is 0 Å². The smallest absolute Gasteiger partial charge is 0.212 e. The second kappa shape index (κ2) is 2.16. The van der Waals surface area contributed by atoms with Gasteiger partial charge in [0.15, 0.2) is 0 Å². The predicted molar refractivity (Wildman–Crippen MR) is 37.3 cm³/mol. The first-order valence-corrected chi connectivity index (χ1v) is 3.69. The summed E-state index contributed by atoms with van der Waals surface area (Å²) in [4.78, 5) is 0. The van der Waals surface area contributed by atoms with E-state index in [1.807, 2.05) is 10.7 Å². The molecule has 1 aliphatic rings. The molecule has 3 nitrogen and oxygen atoms in total. The topological polar surface area (TPSA) is 27.1 Å². The van der Waals surface area contributed by atoms with E-state index in [2.05, 4.69) is 5.10 Å². The fourth-order valence-electron chi connectivity index (χ4n) is 1.03. The molecule has 54 valence electrons. The highest BCUT2D eigenvalue weighted by atomic mass is 35.5. The van der Waals surface area contributed by atoms with Crippen molar-refractivity contribution < 1.29 is 4.74 Å². The lowest BCUT2D eigenvalue weighted by molar-refractivity contribution is 0.356. The Morgan fingerprint density at radius 1 is 1.80 bits per heavy atom. The van der Waals surface area contributed by atoms with Crippen LogP contribution in [0, 0.1) is 0 Å². The van der Waals surface area contributed by atoms with E-state index in [0.29, 0.717) is 5.88 Å². The summed E-state index contributed by atoms with van der Waals surface area (Å²) in [6.45, 7) is 1.59. The number of fused-ring (bicyclic) bond motifs is 1. The third kappa shape index (κ3) is 0.778. The molecule has 0 bridgehead atoms. The quantitative estimate of drug-likeness (QED) is 0.571. The van der Waals surface area contributed by atoms with Gasteiger partial charge in [-0.25, -0.2) is 4.68 Å². The lowest BCUT2D eigenvalue weighted by Gasteiger charge is -1.86. The minimum atomic E-state index is 0.462. The third-order valence-electron chi connectivity index (χ3n) is 1.48. The Kier molecular flexibility index (Phi) is 1.31. The van der Waals surface area contributed by atoms with Crippen molar-refractivity contribution in [2.24, 2.45) is 0 Å². The van der Waals surface area contributed by atoms with Crippen molar-refractivity contribution in [2.45, 2.75) is 12.4 Å². The summed E-state index contributed by atoms with van der Waals surface area (Å²) in [6.07, 6.45) is 0. The molecule has 0 N–H and O–H groups in total. The van der Waals surface area contributed by atoms with E-state index in [1.165, 1.54) is 0 Å². The normalized spacial score (nSPS) is 14.9. The van der Waals surface area contributed by atoms with Gasteiger partial charge in [-0.3, -0.25) is 0 Å². The van der Waals surface area contributed by atoms with Gasteiger partial charge in [-0.2, -0.15) is 5.10 Å². The molecular formula is C6H7ClN2O. The van der Waals surface area contributed by atoms with Crippen LogP contribution in [0.2, 0.25) is 0 Å². The van der Waals surface area contributed by atoms with Gasteiger partial charge in [-0.05, 0) is 0 Å². The van der Waals surface area contributed by atoms with Gasteiger partial charge < -0.3 is 4.74 Å². The molecule has 0 saturated carbocycles. The largest absolute Gasteiger partial charge is 0.476 e. The van der Waals surface area contributed by atoms with Crippen molar-refractivity contribution in [1.82, 2.24) is 9.78 Å². The molecule has 2 heterocycles. The first kappa shape index (κ1) is 6.04. The molecular weight excluding hydrogens is 152 g/mol. The Hall–Kier alpha value is -0.700. The maximum atomic E-state index is 5.56. The molecule has 0 spiro atoms. The highest BCUT2D eigenvalue weighted by molar-refractivity contribution is 6.16. The van der Waals surface area contributed by atoms with Gasteiger partial charge >= 0.3 is 0 Å². The standard InChI is InChI=1S/C6H7ClN2O/c7-4-5-3-6-9(8-5)1-2-10-6/h3H,1-2,4H2. The van der Waals surface area contributed by atoms with Crippen LogP contribution in [0.4, 0.5) is 0 Å².